The van der Waals surface area contributed by atoms with Gasteiger partial charge in [0.1, 0.15) is 0 Å². The second-order valence-electron chi connectivity index (χ2n) is 7.13. The van der Waals surface area contributed by atoms with Gasteiger partial charge in [0, 0.05) is 69.1 Å². The molecule has 2 N–H and O–H groups in total. The molecule has 8 heteroatoms. The van der Waals surface area contributed by atoms with E-state index in [-0.39, 0.29) is 24.0 Å². The first-order chi connectivity index (χ1) is 13.7. The van der Waals surface area contributed by atoms with Gasteiger partial charge in [-0.1, -0.05) is 11.6 Å². The van der Waals surface area contributed by atoms with Gasteiger partial charge >= 0.3 is 0 Å². The first kappa shape index (κ1) is 24.2. The lowest BCUT2D eigenvalue weighted by molar-refractivity contribution is 0.00992. The van der Waals surface area contributed by atoms with E-state index in [9.17, 15) is 0 Å². The number of piperidine rings is 1. The SMILES string of the molecule is CN=C(NCCc1c[nH]c2ccc(Cl)cc12)N1CCC(OCCCOC)CC1.I. The number of hydrogen-bond acceptors (Lipinski definition) is 3. The lowest BCUT2D eigenvalue weighted by Gasteiger charge is -2.34. The molecule has 0 bridgehead atoms. The molecule has 1 saturated heterocycles. The van der Waals surface area contributed by atoms with Crippen molar-refractivity contribution in [2.24, 2.45) is 4.99 Å². The molecule has 6 nitrogen and oxygen atoms in total. The quantitative estimate of drug-likeness (QED) is 0.232. The number of ether oxygens (including phenoxy) is 2. The molecule has 2 heterocycles. The third-order valence-corrected chi connectivity index (χ3v) is 5.44. The van der Waals surface area contributed by atoms with Gasteiger partial charge in [0.2, 0.25) is 0 Å². The zero-order chi connectivity index (χ0) is 19.8. The summed E-state index contributed by atoms with van der Waals surface area (Å²) in [4.78, 5) is 10.1. The minimum atomic E-state index is 0. The van der Waals surface area contributed by atoms with Crippen LogP contribution in [-0.2, 0) is 15.9 Å². The van der Waals surface area contributed by atoms with Gasteiger partial charge in [0.05, 0.1) is 6.10 Å². The highest BCUT2D eigenvalue weighted by molar-refractivity contribution is 14.0. The zero-order valence-electron chi connectivity index (χ0n) is 17.2. The molecule has 1 aromatic heterocycles. The molecule has 0 saturated carbocycles. The van der Waals surface area contributed by atoms with Gasteiger partial charge in [-0.3, -0.25) is 4.99 Å². The number of aliphatic imine (C=N–C) groups is 1. The highest BCUT2D eigenvalue weighted by atomic mass is 127. The number of aromatic nitrogens is 1. The van der Waals surface area contributed by atoms with E-state index in [1.54, 1.807) is 7.11 Å². The van der Waals surface area contributed by atoms with Crippen LogP contribution < -0.4 is 5.32 Å². The standard InChI is InChI=1S/C21H31ClN4O2.HI/c1-23-21(26-10-7-18(8-11-26)28-13-3-12-27-2)24-9-6-16-15-25-20-5-4-17(22)14-19(16)20;/h4-5,14-15,18,25H,3,6-13H2,1-2H3,(H,23,24);1H. The van der Waals surface area contributed by atoms with Crippen molar-refractivity contribution >= 4 is 52.4 Å². The van der Waals surface area contributed by atoms with Gasteiger partial charge in [0.25, 0.3) is 0 Å². The van der Waals surface area contributed by atoms with Gasteiger partial charge in [0.15, 0.2) is 5.96 Å². The van der Waals surface area contributed by atoms with Crippen molar-refractivity contribution < 1.29 is 9.47 Å². The van der Waals surface area contributed by atoms with Crippen molar-refractivity contribution in [1.82, 2.24) is 15.2 Å². The fourth-order valence-electron chi connectivity index (χ4n) is 3.69. The fourth-order valence-corrected chi connectivity index (χ4v) is 3.86. The average Bonchev–Trinajstić information content (AvgIpc) is 3.11. The van der Waals surface area contributed by atoms with Crippen LogP contribution in [0.5, 0.6) is 0 Å². The molecule has 1 aliphatic heterocycles. The molecule has 162 valence electrons. The van der Waals surface area contributed by atoms with Crippen LogP contribution in [0.4, 0.5) is 0 Å². The number of nitrogens with zero attached hydrogens (tertiary/aromatic N) is 2. The number of benzene rings is 1. The lowest BCUT2D eigenvalue weighted by Crippen LogP contribution is -2.47. The van der Waals surface area contributed by atoms with Crippen LogP contribution in [0.1, 0.15) is 24.8 Å². The topological polar surface area (TPSA) is 61.9 Å². The van der Waals surface area contributed by atoms with Crippen LogP contribution in [0.2, 0.25) is 5.02 Å². The maximum atomic E-state index is 6.14. The number of H-pyrrole nitrogens is 1. The van der Waals surface area contributed by atoms with Crippen LogP contribution in [-0.4, -0.2) is 69.0 Å². The summed E-state index contributed by atoms with van der Waals surface area (Å²) in [6, 6.07) is 5.96. The Bertz CT molecular complexity index is 775. The van der Waals surface area contributed by atoms with Crippen molar-refractivity contribution in [3.8, 4) is 0 Å². The van der Waals surface area contributed by atoms with Crippen LogP contribution >= 0.6 is 35.6 Å². The molecule has 1 aromatic carbocycles. The number of nitrogens with one attached hydrogen (secondary N) is 2. The van der Waals surface area contributed by atoms with Crippen LogP contribution in [0.15, 0.2) is 29.4 Å². The fraction of sp³-hybridized carbons (Fsp3) is 0.571. The summed E-state index contributed by atoms with van der Waals surface area (Å²) >= 11 is 6.14. The van der Waals surface area contributed by atoms with E-state index in [2.05, 4.69) is 26.4 Å². The molecule has 29 heavy (non-hydrogen) atoms. The average molecular weight is 535 g/mol. The summed E-state index contributed by atoms with van der Waals surface area (Å²) in [6.07, 6.45) is 6.36. The summed E-state index contributed by atoms with van der Waals surface area (Å²) in [5, 5.41) is 5.46. The number of aromatic amines is 1. The maximum absolute atomic E-state index is 6.14. The summed E-state index contributed by atoms with van der Waals surface area (Å²) in [6.45, 7) is 4.31. The summed E-state index contributed by atoms with van der Waals surface area (Å²) < 4.78 is 11.0. The smallest absolute Gasteiger partial charge is 0.193 e. The molecule has 0 aliphatic carbocycles. The Labute approximate surface area is 195 Å². The van der Waals surface area contributed by atoms with Crippen molar-refractivity contribution in [3.63, 3.8) is 0 Å². The molecule has 2 aromatic rings. The number of likely N-dealkylation sites (tertiary alicyclic amines) is 1. The Morgan fingerprint density at radius 3 is 2.83 bits per heavy atom. The van der Waals surface area contributed by atoms with Crippen molar-refractivity contribution in [1.29, 1.82) is 0 Å². The van der Waals surface area contributed by atoms with Crippen molar-refractivity contribution in [2.45, 2.75) is 31.8 Å². The second-order valence-corrected chi connectivity index (χ2v) is 7.57. The highest BCUT2D eigenvalue weighted by Crippen LogP contribution is 2.22. The summed E-state index contributed by atoms with van der Waals surface area (Å²) in [7, 11) is 3.58. The second kappa shape index (κ2) is 12.6. The Kier molecular flexibility index (Phi) is 10.5. The number of rotatable bonds is 8. The molecule has 0 unspecified atom stereocenters. The van der Waals surface area contributed by atoms with Crippen LogP contribution in [0.25, 0.3) is 10.9 Å². The highest BCUT2D eigenvalue weighted by Gasteiger charge is 2.21. The van der Waals surface area contributed by atoms with E-state index < -0.39 is 0 Å². The largest absolute Gasteiger partial charge is 0.385 e. The molecule has 0 amide bonds. The van der Waals surface area contributed by atoms with Gasteiger partial charge in [-0.05, 0) is 49.4 Å². The first-order valence-corrected chi connectivity index (χ1v) is 10.4. The molecular formula is C21H32ClIN4O2. The van der Waals surface area contributed by atoms with Crippen molar-refractivity contribution in [2.75, 3.05) is 47.0 Å². The third-order valence-electron chi connectivity index (χ3n) is 5.21. The number of methoxy groups -OCH3 is 1. The van der Waals surface area contributed by atoms with Gasteiger partial charge in [-0.25, -0.2) is 0 Å². The Morgan fingerprint density at radius 2 is 2.10 bits per heavy atom. The van der Waals surface area contributed by atoms with E-state index in [1.165, 1.54) is 10.9 Å². The lowest BCUT2D eigenvalue weighted by atomic mass is 10.1. The van der Waals surface area contributed by atoms with E-state index in [4.69, 9.17) is 21.1 Å². The Morgan fingerprint density at radius 1 is 1.31 bits per heavy atom. The van der Waals surface area contributed by atoms with E-state index in [0.717, 1.165) is 75.0 Å². The minimum Gasteiger partial charge on any atom is -0.385 e. The predicted molar refractivity (Wildman–Crippen MR) is 131 cm³/mol. The maximum Gasteiger partial charge on any atom is 0.193 e. The molecule has 0 spiro atoms. The Balaban J connectivity index is 0.00000300. The first-order valence-electron chi connectivity index (χ1n) is 10.0. The summed E-state index contributed by atoms with van der Waals surface area (Å²) in [5.41, 5.74) is 2.39. The molecule has 0 atom stereocenters. The van der Waals surface area contributed by atoms with E-state index in [1.807, 2.05) is 25.2 Å². The van der Waals surface area contributed by atoms with E-state index in [0.29, 0.717) is 6.10 Å². The minimum absolute atomic E-state index is 0. The van der Waals surface area contributed by atoms with Crippen LogP contribution in [0.3, 0.4) is 0 Å². The normalized spacial score (nSPS) is 15.6. The van der Waals surface area contributed by atoms with Gasteiger partial charge < -0.3 is 24.7 Å². The molecule has 0 radical (unpaired) electrons. The molecule has 3 rings (SSSR count). The van der Waals surface area contributed by atoms with Crippen LogP contribution in [0, 0.1) is 0 Å². The predicted octanol–water partition coefficient (Wildman–Crippen LogP) is 4.07. The molecule has 1 fully saturated rings. The third kappa shape index (κ3) is 7.01. The number of hydrogen-bond donors (Lipinski definition) is 2. The molecule has 1 aliphatic rings. The summed E-state index contributed by atoms with van der Waals surface area (Å²) in [5.74, 6) is 0.968. The molecular weight excluding hydrogens is 503 g/mol. The van der Waals surface area contributed by atoms with Gasteiger partial charge in [-0.2, -0.15) is 0 Å². The van der Waals surface area contributed by atoms with E-state index >= 15 is 0 Å². The number of guanidine groups is 1. The number of halogens is 2. The van der Waals surface area contributed by atoms with Crippen molar-refractivity contribution in [3.05, 3.63) is 35.0 Å². The zero-order valence-corrected chi connectivity index (χ0v) is 20.3. The van der Waals surface area contributed by atoms with Gasteiger partial charge in [-0.15, -0.1) is 24.0 Å². The Hall–Kier alpha value is -1.03. The monoisotopic (exact) mass is 534 g/mol. The number of fused-ring (bicyclic) bond motifs is 1.